The lowest BCUT2D eigenvalue weighted by atomic mass is 9.97. The molecule has 3 aromatic rings. The van der Waals surface area contributed by atoms with E-state index < -0.39 is 6.10 Å². The number of aliphatic hydroxyl groups excluding tert-OH is 1. The fourth-order valence-electron chi connectivity index (χ4n) is 2.38. The molecule has 3 rings (SSSR count). The first-order valence-corrected chi connectivity index (χ1v) is 6.33. The van der Waals surface area contributed by atoms with Crippen molar-refractivity contribution in [2.75, 3.05) is 0 Å². The summed E-state index contributed by atoms with van der Waals surface area (Å²) in [5, 5.41) is 12.7. The number of aliphatic hydroxyl groups is 1. The van der Waals surface area contributed by atoms with Gasteiger partial charge in [-0.1, -0.05) is 54.1 Å². The van der Waals surface area contributed by atoms with Crippen LogP contribution < -0.4 is 0 Å². The van der Waals surface area contributed by atoms with Crippen molar-refractivity contribution < 1.29 is 5.11 Å². The van der Waals surface area contributed by atoms with E-state index in [1.165, 1.54) is 0 Å². The quantitative estimate of drug-likeness (QED) is 0.752. The molecule has 0 saturated heterocycles. The zero-order valence-corrected chi connectivity index (χ0v) is 10.7. The van der Waals surface area contributed by atoms with Crippen molar-refractivity contribution in [3.63, 3.8) is 0 Å². The summed E-state index contributed by atoms with van der Waals surface area (Å²) in [6.07, 6.45) is 2.93. The highest BCUT2D eigenvalue weighted by atomic mass is 16.3. The van der Waals surface area contributed by atoms with Crippen LogP contribution in [0.15, 0.2) is 60.9 Å². The van der Waals surface area contributed by atoms with Crippen LogP contribution in [0.2, 0.25) is 0 Å². The van der Waals surface area contributed by atoms with E-state index in [2.05, 4.69) is 4.98 Å². The van der Waals surface area contributed by atoms with E-state index in [0.717, 1.165) is 27.5 Å². The molecule has 0 radical (unpaired) electrons. The molecule has 0 aliphatic rings. The highest BCUT2D eigenvalue weighted by molar-refractivity contribution is 5.85. The molecule has 2 aromatic carbocycles. The molecule has 0 aliphatic carbocycles. The molecule has 19 heavy (non-hydrogen) atoms. The van der Waals surface area contributed by atoms with E-state index in [1.54, 1.807) is 6.20 Å². The Hall–Kier alpha value is -2.19. The van der Waals surface area contributed by atoms with Crippen molar-refractivity contribution >= 4 is 10.8 Å². The molecule has 0 amide bonds. The third-order valence-corrected chi connectivity index (χ3v) is 3.35. The average Bonchev–Trinajstić information content (AvgIpc) is 2.46. The van der Waals surface area contributed by atoms with E-state index in [1.807, 2.05) is 61.7 Å². The summed E-state index contributed by atoms with van der Waals surface area (Å²) >= 11 is 0. The summed E-state index contributed by atoms with van der Waals surface area (Å²) < 4.78 is 0. The summed E-state index contributed by atoms with van der Waals surface area (Å²) in [6.45, 7) is 2.03. The van der Waals surface area contributed by atoms with Crippen molar-refractivity contribution in [2.45, 2.75) is 13.0 Å². The second-order valence-electron chi connectivity index (χ2n) is 4.77. The molecule has 1 unspecified atom stereocenters. The smallest absolute Gasteiger partial charge is 0.106 e. The van der Waals surface area contributed by atoms with Gasteiger partial charge >= 0.3 is 0 Å². The predicted octanol–water partition coefficient (Wildman–Crippen LogP) is 3.62. The van der Waals surface area contributed by atoms with Gasteiger partial charge in [0.25, 0.3) is 0 Å². The molecule has 0 saturated carbocycles. The maximum Gasteiger partial charge on any atom is 0.106 e. The van der Waals surface area contributed by atoms with Gasteiger partial charge in [-0.15, -0.1) is 0 Å². The molecule has 1 aromatic heterocycles. The molecule has 0 bridgehead atoms. The van der Waals surface area contributed by atoms with Gasteiger partial charge in [-0.25, -0.2) is 0 Å². The number of benzene rings is 2. The van der Waals surface area contributed by atoms with Gasteiger partial charge in [-0.05, 0) is 17.9 Å². The lowest BCUT2D eigenvalue weighted by Gasteiger charge is -2.14. The number of fused-ring (bicyclic) bond motifs is 1. The van der Waals surface area contributed by atoms with Crippen LogP contribution >= 0.6 is 0 Å². The van der Waals surface area contributed by atoms with E-state index in [9.17, 15) is 5.11 Å². The number of hydrogen-bond acceptors (Lipinski definition) is 2. The molecule has 1 heterocycles. The molecule has 2 nitrogen and oxygen atoms in total. The van der Waals surface area contributed by atoms with Crippen molar-refractivity contribution in [1.29, 1.82) is 0 Å². The molecular formula is C17H15NO. The van der Waals surface area contributed by atoms with Crippen LogP contribution in [0.1, 0.15) is 22.8 Å². The second kappa shape index (κ2) is 4.82. The first kappa shape index (κ1) is 11.9. The van der Waals surface area contributed by atoms with Crippen LogP contribution in [0.5, 0.6) is 0 Å². The minimum absolute atomic E-state index is 0.640. The molecule has 0 aliphatic heterocycles. The monoisotopic (exact) mass is 249 g/mol. The van der Waals surface area contributed by atoms with Gasteiger partial charge in [-0.3, -0.25) is 4.98 Å². The second-order valence-corrected chi connectivity index (χ2v) is 4.77. The zero-order chi connectivity index (χ0) is 13.2. The van der Waals surface area contributed by atoms with Crippen molar-refractivity contribution in [3.8, 4) is 0 Å². The standard InChI is InChI=1S/C17H15NO/c1-12-5-4-7-13(9-12)17(19)16-11-18-10-14-6-2-3-8-15(14)16/h2-11,17,19H,1H3. The fraction of sp³-hybridized carbons (Fsp3) is 0.118. The number of hydrogen-bond donors (Lipinski definition) is 1. The van der Waals surface area contributed by atoms with Gasteiger partial charge in [-0.2, -0.15) is 0 Å². The lowest BCUT2D eigenvalue weighted by molar-refractivity contribution is 0.221. The topological polar surface area (TPSA) is 33.1 Å². The van der Waals surface area contributed by atoms with Crippen LogP contribution in [0.3, 0.4) is 0 Å². The first-order chi connectivity index (χ1) is 9.25. The molecule has 0 fully saturated rings. The van der Waals surface area contributed by atoms with Gasteiger partial charge in [0.2, 0.25) is 0 Å². The summed E-state index contributed by atoms with van der Waals surface area (Å²) in [7, 11) is 0. The van der Waals surface area contributed by atoms with E-state index in [-0.39, 0.29) is 0 Å². The van der Waals surface area contributed by atoms with Crippen LogP contribution in [0.25, 0.3) is 10.8 Å². The summed E-state index contributed by atoms with van der Waals surface area (Å²) in [5.74, 6) is 0. The Morgan fingerprint density at radius 3 is 2.68 bits per heavy atom. The summed E-state index contributed by atoms with van der Waals surface area (Å²) in [4.78, 5) is 4.22. The van der Waals surface area contributed by atoms with Crippen LogP contribution in [-0.4, -0.2) is 10.1 Å². The number of rotatable bonds is 2. The number of nitrogens with zero attached hydrogens (tertiary/aromatic N) is 1. The highest BCUT2D eigenvalue weighted by Crippen LogP contribution is 2.28. The van der Waals surface area contributed by atoms with E-state index >= 15 is 0 Å². The van der Waals surface area contributed by atoms with Crippen LogP contribution in [0, 0.1) is 6.92 Å². The van der Waals surface area contributed by atoms with Gasteiger partial charge in [0.05, 0.1) is 0 Å². The average molecular weight is 249 g/mol. The number of pyridine rings is 1. The summed E-state index contributed by atoms with van der Waals surface area (Å²) in [5.41, 5.74) is 2.89. The Bertz CT molecular complexity index is 716. The van der Waals surface area contributed by atoms with Gasteiger partial charge < -0.3 is 5.11 Å². The van der Waals surface area contributed by atoms with Crippen LogP contribution in [-0.2, 0) is 0 Å². The maximum atomic E-state index is 10.6. The third-order valence-electron chi connectivity index (χ3n) is 3.35. The first-order valence-electron chi connectivity index (χ1n) is 6.33. The minimum atomic E-state index is -0.640. The lowest BCUT2D eigenvalue weighted by Crippen LogP contribution is -2.01. The Kier molecular flexibility index (Phi) is 3.02. The van der Waals surface area contributed by atoms with Crippen molar-refractivity contribution in [2.24, 2.45) is 0 Å². The SMILES string of the molecule is Cc1cccc(C(O)c2cncc3ccccc23)c1. The zero-order valence-electron chi connectivity index (χ0n) is 10.7. The maximum absolute atomic E-state index is 10.6. The largest absolute Gasteiger partial charge is 0.384 e. The summed E-state index contributed by atoms with van der Waals surface area (Å²) in [6, 6.07) is 15.9. The fourth-order valence-corrected chi connectivity index (χ4v) is 2.38. The third kappa shape index (κ3) is 2.23. The molecule has 1 atom stereocenters. The normalized spacial score (nSPS) is 12.5. The molecule has 94 valence electrons. The van der Waals surface area contributed by atoms with Crippen molar-refractivity contribution in [3.05, 3.63) is 77.6 Å². The van der Waals surface area contributed by atoms with Gasteiger partial charge in [0, 0.05) is 23.3 Å². The highest BCUT2D eigenvalue weighted by Gasteiger charge is 2.13. The molecule has 2 heteroatoms. The van der Waals surface area contributed by atoms with E-state index in [4.69, 9.17) is 0 Å². The Labute approximate surface area is 112 Å². The Morgan fingerprint density at radius 2 is 1.84 bits per heavy atom. The minimum Gasteiger partial charge on any atom is -0.384 e. The Morgan fingerprint density at radius 1 is 1.00 bits per heavy atom. The molecule has 0 spiro atoms. The number of aromatic nitrogens is 1. The van der Waals surface area contributed by atoms with Crippen molar-refractivity contribution in [1.82, 2.24) is 4.98 Å². The predicted molar refractivity (Wildman–Crippen MR) is 77.0 cm³/mol. The van der Waals surface area contributed by atoms with E-state index in [0.29, 0.717) is 0 Å². The molecular weight excluding hydrogens is 234 g/mol. The Balaban J connectivity index is 2.14. The molecule has 1 N–H and O–H groups in total. The van der Waals surface area contributed by atoms with Gasteiger partial charge in [0.15, 0.2) is 0 Å². The van der Waals surface area contributed by atoms with Gasteiger partial charge in [0.1, 0.15) is 6.10 Å². The number of aryl methyl sites for hydroxylation is 1. The van der Waals surface area contributed by atoms with Crippen LogP contribution in [0.4, 0.5) is 0 Å².